The Hall–Kier alpha value is -1.97. The molecule has 1 aliphatic heterocycles. The number of carbonyl (C=O) groups excluding carboxylic acids is 1. The third-order valence-electron chi connectivity index (χ3n) is 3.90. The lowest BCUT2D eigenvalue weighted by atomic mass is 9.90. The Labute approximate surface area is 139 Å². The standard InChI is InChI=1S/C19H28N2O2/c1-13(2)20-14(3)15-7-9-16(10-8-15)17-11-21(12-17)18(22)23-19(4,5)6/h7-10,14,17,20H,1,11-12H2,2-6H3. The maximum Gasteiger partial charge on any atom is 0.410 e. The van der Waals surface area contributed by atoms with Gasteiger partial charge < -0.3 is 15.0 Å². The van der Waals surface area contributed by atoms with Crippen molar-refractivity contribution >= 4 is 6.09 Å². The molecular formula is C19H28N2O2. The van der Waals surface area contributed by atoms with Crippen LogP contribution >= 0.6 is 0 Å². The monoisotopic (exact) mass is 316 g/mol. The van der Waals surface area contributed by atoms with Crippen LogP contribution in [0.5, 0.6) is 0 Å². The number of nitrogens with zero attached hydrogens (tertiary/aromatic N) is 1. The van der Waals surface area contributed by atoms with E-state index in [0.29, 0.717) is 5.92 Å². The van der Waals surface area contributed by atoms with Gasteiger partial charge in [0.15, 0.2) is 0 Å². The van der Waals surface area contributed by atoms with Gasteiger partial charge in [0.05, 0.1) is 0 Å². The van der Waals surface area contributed by atoms with Crippen LogP contribution in [0.15, 0.2) is 36.5 Å². The highest BCUT2D eigenvalue weighted by molar-refractivity contribution is 5.69. The summed E-state index contributed by atoms with van der Waals surface area (Å²) in [6, 6.07) is 8.85. The molecule has 1 unspecified atom stereocenters. The van der Waals surface area contributed by atoms with Crippen molar-refractivity contribution in [2.24, 2.45) is 0 Å². The Morgan fingerprint density at radius 1 is 1.30 bits per heavy atom. The molecule has 1 aromatic carbocycles. The van der Waals surface area contributed by atoms with Crippen LogP contribution in [-0.2, 0) is 4.74 Å². The van der Waals surface area contributed by atoms with Crippen LogP contribution in [0.4, 0.5) is 4.79 Å². The topological polar surface area (TPSA) is 41.6 Å². The van der Waals surface area contributed by atoms with Crippen LogP contribution in [0.3, 0.4) is 0 Å². The second kappa shape index (κ2) is 6.65. The van der Waals surface area contributed by atoms with E-state index < -0.39 is 5.60 Å². The van der Waals surface area contributed by atoms with E-state index in [1.54, 1.807) is 4.90 Å². The predicted octanol–water partition coefficient (Wildman–Crippen LogP) is 4.21. The minimum atomic E-state index is -0.434. The van der Waals surface area contributed by atoms with Crippen molar-refractivity contribution in [3.8, 4) is 0 Å². The highest BCUT2D eigenvalue weighted by atomic mass is 16.6. The Morgan fingerprint density at radius 2 is 1.87 bits per heavy atom. The van der Waals surface area contributed by atoms with Crippen molar-refractivity contribution in [1.29, 1.82) is 0 Å². The molecule has 1 N–H and O–H groups in total. The molecular weight excluding hydrogens is 288 g/mol. The van der Waals surface area contributed by atoms with E-state index in [2.05, 4.69) is 43.1 Å². The van der Waals surface area contributed by atoms with E-state index in [4.69, 9.17) is 4.74 Å². The smallest absolute Gasteiger partial charge is 0.410 e. The van der Waals surface area contributed by atoms with E-state index in [0.717, 1.165) is 18.8 Å². The Kier molecular flexibility index (Phi) is 5.03. The molecule has 0 aliphatic carbocycles. The van der Waals surface area contributed by atoms with Gasteiger partial charge in [-0.3, -0.25) is 0 Å². The van der Waals surface area contributed by atoms with E-state index >= 15 is 0 Å². The molecule has 1 atom stereocenters. The number of amides is 1. The zero-order valence-corrected chi connectivity index (χ0v) is 14.8. The summed E-state index contributed by atoms with van der Waals surface area (Å²) < 4.78 is 5.38. The number of nitrogens with one attached hydrogen (secondary N) is 1. The number of likely N-dealkylation sites (tertiary alicyclic amines) is 1. The quantitative estimate of drug-likeness (QED) is 0.905. The van der Waals surface area contributed by atoms with E-state index in [1.807, 2.05) is 27.7 Å². The van der Waals surface area contributed by atoms with Gasteiger partial charge in [-0.15, -0.1) is 0 Å². The summed E-state index contributed by atoms with van der Waals surface area (Å²) in [4.78, 5) is 13.7. The van der Waals surface area contributed by atoms with Gasteiger partial charge in [-0.05, 0) is 45.7 Å². The third kappa shape index (κ3) is 4.75. The van der Waals surface area contributed by atoms with Crippen molar-refractivity contribution in [2.75, 3.05) is 13.1 Å². The molecule has 0 spiro atoms. The summed E-state index contributed by atoms with van der Waals surface area (Å²) >= 11 is 0. The summed E-state index contributed by atoms with van der Waals surface area (Å²) in [5, 5.41) is 3.32. The molecule has 0 bridgehead atoms. The molecule has 1 aromatic rings. The average molecular weight is 316 g/mol. The fraction of sp³-hybridized carbons (Fsp3) is 0.526. The molecule has 1 fully saturated rings. The van der Waals surface area contributed by atoms with Gasteiger partial charge in [-0.1, -0.05) is 30.8 Å². The maximum atomic E-state index is 12.0. The predicted molar refractivity (Wildman–Crippen MR) is 93.4 cm³/mol. The molecule has 1 aliphatic rings. The van der Waals surface area contributed by atoms with Crippen LogP contribution < -0.4 is 5.32 Å². The zero-order valence-electron chi connectivity index (χ0n) is 14.8. The molecule has 126 valence electrons. The lowest BCUT2D eigenvalue weighted by Gasteiger charge is -2.40. The lowest BCUT2D eigenvalue weighted by molar-refractivity contribution is 0.00819. The summed E-state index contributed by atoms with van der Waals surface area (Å²) in [5.41, 5.74) is 3.04. The van der Waals surface area contributed by atoms with Gasteiger partial charge >= 0.3 is 6.09 Å². The molecule has 4 heteroatoms. The highest BCUT2D eigenvalue weighted by Crippen LogP contribution is 2.29. The molecule has 4 nitrogen and oxygen atoms in total. The van der Waals surface area contributed by atoms with Gasteiger partial charge in [-0.2, -0.15) is 0 Å². The summed E-state index contributed by atoms with van der Waals surface area (Å²) in [5.74, 6) is 0.404. The minimum Gasteiger partial charge on any atom is -0.444 e. The van der Waals surface area contributed by atoms with Crippen LogP contribution in [0.1, 0.15) is 57.7 Å². The van der Waals surface area contributed by atoms with Crippen LogP contribution in [0, 0.1) is 0 Å². The number of rotatable bonds is 4. The number of ether oxygens (including phenoxy) is 1. The Balaban J connectivity index is 1.88. The first-order valence-corrected chi connectivity index (χ1v) is 8.15. The normalized spacial score (nSPS) is 16.5. The van der Waals surface area contributed by atoms with Crippen LogP contribution in [0.2, 0.25) is 0 Å². The fourth-order valence-corrected chi connectivity index (χ4v) is 2.67. The van der Waals surface area contributed by atoms with E-state index in [1.165, 1.54) is 11.1 Å². The first-order chi connectivity index (χ1) is 10.7. The Morgan fingerprint density at radius 3 is 2.35 bits per heavy atom. The summed E-state index contributed by atoms with van der Waals surface area (Å²) in [7, 11) is 0. The first-order valence-electron chi connectivity index (χ1n) is 8.15. The minimum absolute atomic E-state index is 0.218. The SMILES string of the molecule is C=C(C)NC(C)c1ccc(C2CN(C(=O)OC(C)(C)C)C2)cc1. The van der Waals surface area contributed by atoms with Gasteiger partial charge in [0.25, 0.3) is 0 Å². The number of hydrogen-bond donors (Lipinski definition) is 1. The first kappa shape index (κ1) is 17.4. The van der Waals surface area contributed by atoms with Gasteiger partial charge in [0.1, 0.15) is 5.60 Å². The van der Waals surface area contributed by atoms with Crippen molar-refractivity contribution in [3.05, 3.63) is 47.7 Å². The zero-order chi connectivity index (χ0) is 17.2. The van der Waals surface area contributed by atoms with Gasteiger partial charge in [0.2, 0.25) is 0 Å². The van der Waals surface area contributed by atoms with Crippen molar-refractivity contribution in [2.45, 2.75) is 52.2 Å². The van der Waals surface area contributed by atoms with Gasteiger partial charge in [0, 0.05) is 30.7 Å². The largest absolute Gasteiger partial charge is 0.444 e. The highest BCUT2D eigenvalue weighted by Gasteiger charge is 2.34. The maximum absolute atomic E-state index is 12.0. The molecule has 2 rings (SSSR count). The molecule has 1 saturated heterocycles. The van der Waals surface area contributed by atoms with Crippen LogP contribution in [-0.4, -0.2) is 29.7 Å². The molecule has 0 saturated carbocycles. The summed E-state index contributed by atoms with van der Waals surface area (Å²) in [6.07, 6.45) is -0.218. The molecule has 23 heavy (non-hydrogen) atoms. The van der Waals surface area contributed by atoms with E-state index in [-0.39, 0.29) is 12.1 Å². The van der Waals surface area contributed by atoms with E-state index in [9.17, 15) is 4.79 Å². The van der Waals surface area contributed by atoms with Crippen molar-refractivity contribution < 1.29 is 9.53 Å². The number of carbonyl (C=O) groups is 1. The number of benzene rings is 1. The lowest BCUT2D eigenvalue weighted by Crippen LogP contribution is -2.50. The van der Waals surface area contributed by atoms with Crippen molar-refractivity contribution in [3.63, 3.8) is 0 Å². The van der Waals surface area contributed by atoms with Crippen molar-refractivity contribution in [1.82, 2.24) is 10.2 Å². The molecule has 1 amide bonds. The van der Waals surface area contributed by atoms with Crippen LogP contribution in [0.25, 0.3) is 0 Å². The number of allylic oxidation sites excluding steroid dienone is 1. The summed E-state index contributed by atoms with van der Waals surface area (Å²) in [6.45, 7) is 15.1. The second-order valence-electron chi connectivity index (χ2n) is 7.40. The van der Waals surface area contributed by atoms with Gasteiger partial charge in [-0.25, -0.2) is 4.79 Å². The number of hydrogen-bond acceptors (Lipinski definition) is 3. The second-order valence-corrected chi connectivity index (χ2v) is 7.40. The third-order valence-corrected chi connectivity index (χ3v) is 3.90. The Bertz CT molecular complexity index is 566. The molecule has 0 aromatic heterocycles. The fourth-order valence-electron chi connectivity index (χ4n) is 2.67. The molecule has 0 radical (unpaired) electrons. The molecule has 1 heterocycles. The average Bonchev–Trinajstić information content (AvgIpc) is 2.34.